The Hall–Kier alpha value is -1.51. The number of aliphatic imine (C=N–C) groups is 1. The molecular weight excluding hydrogens is 270 g/mol. The Morgan fingerprint density at radius 3 is 1.82 bits per heavy atom. The Labute approximate surface area is 134 Å². The molecule has 0 radical (unpaired) electrons. The molecule has 2 saturated carbocycles. The summed E-state index contributed by atoms with van der Waals surface area (Å²) >= 11 is 0. The van der Waals surface area contributed by atoms with Crippen molar-refractivity contribution in [1.29, 1.82) is 0 Å². The summed E-state index contributed by atoms with van der Waals surface area (Å²) in [6.07, 6.45) is 13.2. The normalized spacial score (nSPS) is 21.7. The van der Waals surface area contributed by atoms with Crippen molar-refractivity contribution < 1.29 is 0 Å². The van der Waals surface area contributed by atoms with Crippen LogP contribution >= 0.6 is 0 Å². The standard InChI is InChI=1S/C19H29N3/c20-19(21-16-10-4-1-5-11-16)22(17-12-6-2-7-13-17)18-14-8-3-9-15-18/h1,4-5,10-11,17-18H,2-3,6-9,12-15H2,(H2,20,21). The molecule has 0 aromatic heterocycles. The van der Waals surface area contributed by atoms with Crippen molar-refractivity contribution in [2.75, 3.05) is 0 Å². The molecular formula is C19H29N3. The van der Waals surface area contributed by atoms with Crippen LogP contribution in [0.15, 0.2) is 35.3 Å². The highest BCUT2D eigenvalue weighted by Crippen LogP contribution is 2.30. The Bertz CT molecular complexity index is 453. The molecule has 0 saturated heterocycles. The van der Waals surface area contributed by atoms with Gasteiger partial charge in [-0.2, -0.15) is 0 Å². The Morgan fingerprint density at radius 1 is 0.818 bits per heavy atom. The Balaban J connectivity index is 1.81. The molecule has 3 rings (SSSR count). The lowest BCUT2D eigenvalue weighted by Crippen LogP contribution is -2.51. The third-order valence-corrected chi connectivity index (χ3v) is 5.20. The van der Waals surface area contributed by atoms with Gasteiger partial charge in [-0.25, -0.2) is 4.99 Å². The van der Waals surface area contributed by atoms with Crippen LogP contribution in [-0.2, 0) is 0 Å². The van der Waals surface area contributed by atoms with Crippen LogP contribution in [-0.4, -0.2) is 22.9 Å². The second kappa shape index (κ2) is 7.66. The predicted molar refractivity (Wildman–Crippen MR) is 93.3 cm³/mol. The van der Waals surface area contributed by atoms with Gasteiger partial charge in [-0.05, 0) is 37.8 Å². The van der Waals surface area contributed by atoms with Crippen molar-refractivity contribution in [2.45, 2.75) is 76.3 Å². The van der Waals surface area contributed by atoms with Gasteiger partial charge in [-0.15, -0.1) is 0 Å². The Kier molecular flexibility index (Phi) is 5.36. The first kappa shape index (κ1) is 15.4. The maximum absolute atomic E-state index is 6.49. The molecule has 0 aliphatic heterocycles. The molecule has 1 aromatic carbocycles. The van der Waals surface area contributed by atoms with E-state index in [0.717, 1.165) is 11.6 Å². The molecule has 0 atom stereocenters. The molecule has 1 aromatic rings. The molecule has 2 N–H and O–H groups in total. The van der Waals surface area contributed by atoms with Crippen molar-refractivity contribution in [3.63, 3.8) is 0 Å². The van der Waals surface area contributed by atoms with Gasteiger partial charge in [0.1, 0.15) is 0 Å². The van der Waals surface area contributed by atoms with Gasteiger partial charge in [-0.3, -0.25) is 0 Å². The molecule has 3 nitrogen and oxygen atoms in total. The highest BCUT2D eigenvalue weighted by atomic mass is 15.3. The van der Waals surface area contributed by atoms with Gasteiger partial charge < -0.3 is 10.6 Å². The first-order valence-electron chi connectivity index (χ1n) is 9.02. The topological polar surface area (TPSA) is 41.6 Å². The number of hydrogen-bond acceptors (Lipinski definition) is 1. The van der Waals surface area contributed by atoms with Crippen LogP contribution in [0.25, 0.3) is 0 Å². The van der Waals surface area contributed by atoms with Crippen LogP contribution in [0.5, 0.6) is 0 Å². The number of para-hydroxylation sites is 1. The van der Waals surface area contributed by atoms with Gasteiger partial charge in [0, 0.05) is 12.1 Å². The smallest absolute Gasteiger partial charge is 0.196 e. The Morgan fingerprint density at radius 2 is 1.32 bits per heavy atom. The van der Waals surface area contributed by atoms with Gasteiger partial charge in [0.2, 0.25) is 0 Å². The quantitative estimate of drug-likeness (QED) is 0.654. The van der Waals surface area contributed by atoms with Crippen LogP contribution in [0.2, 0.25) is 0 Å². The molecule has 3 heteroatoms. The summed E-state index contributed by atoms with van der Waals surface area (Å²) < 4.78 is 0. The highest BCUT2D eigenvalue weighted by Gasteiger charge is 2.30. The summed E-state index contributed by atoms with van der Waals surface area (Å²) in [6, 6.07) is 11.3. The largest absolute Gasteiger partial charge is 0.369 e. The molecule has 0 bridgehead atoms. The van der Waals surface area contributed by atoms with E-state index in [-0.39, 0.29) is 0 Å². The fourth-order valence-corrected chi connectivity index (χ4v) is 4.08. The van der Waals surface area contributed by atoms with Crippen LogP contribution < -0.4 is 5.73 Å². The number of hydrogen-bond donors (Lipinski definition) is 1. The zero-order valence-electron chi connectivity index (χ0n) is 13.6. The lowest BCUT2D eigenvalue weighted by molar-refractivity contribution is 0.156. The molecule has 2 aliphatic rings. The number of benzene rings is 1. The average molecular weight is 299 g/mol. The first-order chi connectivity index (χ1) is 10.8. The second-order valence-electron chi connectivity index (χ2n) is 6.80. The fourth-order valence-electron chi connectivity index (χ4n) is 4.08. The maximum Gasteiger partial charge on any atom is 0.196 e. The van der Waals surface area contributed by atoms with Gasteiger partial charge >= 0.3 is 0 Å². The van der Waals surface area contributed by atoms with Crippen molar-refractivity contribution in [1.82, 2.24) is 4.90 Å². The van der Waals surface area contributed by atoms with Gasteiger partial charge in [-0.1, -0.05) is 56.7 Å². The molecule has 0 spiro atoms. The highest BCUT2D eigenvalue weighted by molar-refractivity contribution is 5.81. The molecule has 2 fully saturated rings. The van der Waals surface area contributed by atoms with Crippen LogP contribution in [0.3, 0.4) is 0 Å². The van der Waals surface area contributed by atoms with Crippen molar-refractivity contribution in [3.8, 4) is 0 Å². The summed E-state index contributed by atoms with van der Waals surface area (Å²) in [5, 5.41) is 0. The lowest BCUT2D eigenvalue weighted by atomic mass is 9.89. The molecule has 0 unspecified atom stereocenters. The number of nitrogens with zero attached hydrogens (tertiary/aromatic N) is 2. The number of nitrogens with two attached hydrogens (primary N) is 1. The van der Waals surface area contributed by atoms with Crippen LogP contribution in [0, 0.1) is 0 Å². The van der Waals surface area contributed by atoms with Crippen molar-refractivity contribution in [3.05, 3.63) is 30.3 Å². The predicted octanol–water partition coefficient (Wildman–Crippen LogP) is 4.60. The molecule has 0 heterocycles. The van der Waals surface area contributed by atoms with E-state index in [1.54, 1.807) is 0 Å². The fraction of sp³-hybridized carbons (Fsp3) is 0.632. The van der Waals surface area contributed by atoms with E-state index in [0.29, 0.717) is 12.1 Å². The van der Waals surface area contributed by atoms with Gasteiger partial charge in [0.25, 0.3) is 0 Å². The molecule has 22 heavy (non-hydrogen) atoms. The molecule has 120 valence electrons. The number of guanidine groups is 1. The van der Waals surface area contributed by atoms with Crippen molar-refractivity contribution >= 4 is 11.6 Å². The monoisotopic (exact) mass is 299 g/mol. The minimum Gasteiger partial charge on any atom is -0.369 e. The molecule has 2 aliphatic carbocycles. The van der Waals surface area contributed by atoms with E-state index in [1.165, 1.54) is 64.2 Å². The third-order valence-electron chi connectivity index (χ3n) is 5.20. The van der Waals surface area contributed by atoms with Crippen LogP contribution in [0.1, 0.15) is 64.2 Å². The summed E-state index contributed by atoms with van der Waals surface area (Å²) in [5.41, 5.74) is 7.46. The second-order valence-corrected chi connectivity index (χ2v) is 6.80. The summed E-state index contributed by atoms with van der Waals surface area (Å²) in [5.74, 6) is 0.741. The van der Waals surface area contributed by atoms with E-state index < -0.39 is 0 Å². The van der Waals surface area contributed by atoms with Gasteiger partial charge in [0.05, 0.1) is 5.69 Å². The summed E-state index contributed by atoms with van der Waals surface area (Å²) in [7, 11) is 0. The SMILES string of the molecule is NC(=Nc1ccccc1)N(C1CCCCC1)C1CCCCC1. The van der Waals surface area contributed by atoms with E-state index in [9.17, 15) is 0 Å². The number of rotatable bonds is 3. The minimum atomic E-state index is 0.601. The van der Waals surface area contributed by atoms with E-state index >= 15 is 0 Å². The van der Waals surface area contributed by atoms with E-state index in [1.807, 2.05) is 30.3 Å². The van der Waals surface area contributed by atoms with Crippen LogP contribution in [0.4, 0.5) is 5.69 Å². The van der Waals surface area contributed by atoms with Crippen molar-refractivity contribution in [2.24, 2.45) is 10.7 Å². The zero-order valence-corrected chi connectivity index (χ0v) is 13.6. The zero-order chi connectivity index (χ0) is 15.2. The van der Waals surface area contributed by atoms with E-state index in [2.05, 4.69) is 4.90 Å². The summed E-state index contributed by atoms with van der Waals surface area (Å²) in [4.78, 5) is 7.22. The average Bonchev–Trinajstić information content (AvgIpc) is 2.58. The molecule has 0 amide bonds. The lowest BCUT2D eigenvalue weighted by Gasteiger charge is -2.42. The van der Waals surface area contributed by atoms with E-state index in [4.69, 9.17) is 10.7 Å². The third kappa shape index (κ3) is 3.82. The first-order valence-corrected chi connectivity index (χ1v) is 9.02. The summed E-state index contributed by atoms with van der Waals surface area (Å²) in [6.45, 7) is 0. The maximum atomic E-state index is 6.49. The minimum absolute atomic E-state index is 0.601. The van der Waals surface area contributed by atoms with Gasteiger partial charge in [0.15, 0.2) is 5.96 Å².